The molecule has 1 N–H and O–H groups in total. The molecule has 1 heteroatoms. The van der Waals surface area contributed by atoms with Gasteiger partial charge in [0.05, 0.1) is 6.10 Å². The van der Waals surface area contributed by atoms with E-state index in [4.69, 9.17) is 0 Å². The maximum absolute atomic E-state index is 9.41. The topological polar surface area (TPSA) is 20.2 Å². The van der Waals surface area contributed by atoms with Crippen LogP contribution in [0.15, 0.2) is 0 Å². The molecular weight excluding hydrogens is 136 g/mol. The molecular formula is C10H20O. The fourth-order valence-corrected chi connectivity index (χ4v) is 1.97. The molecule has 0 aliphatic heterocycles. The van der Waals surface area contributed by atoms with Crippen molar-refractivity contribution in [2.24, 2.45) is 5.92 Å². The summed E-state index contributed by atoms with van der Waals surface area (Å²) < 4.78 is 0. The van der Waals surface area contributed by atoms with Crippen LogP contribution in [0.2, 0.25) is 0 Å². The first kappa shape index (κ1) is 9.05. The molecule has 1 aliphatic carbocycles. The summed E-state index contributed by atoms with van der Waals surface area (Å²) in [6.45, 7) is 2.06. The molecule has 0 unspecified atom stereocenters. The van der Waals surface area contributed by atoms with Crippen LogP contribution in [0.5, 0.6) is 0 Å². The highest BCUT2D eigenvalue weighted by molar-refractivity contribution is 4.68. The molecule has 1 saturated carbocycles. The van der Waals surface area contributed by atoms with Gasteiger partial charge >= 0.3 is 0 Å². The van der Waals surface area contributed by atoms with E-state index < -0.39 is 0 Å². The molecule has 0 heterocycles. The van der Waals surface area contributed by atoms with Gasteiger partial charge in [0, 0.05) is 0 Å². The Morgan fingerprint density at radius 1 is 1.27 bits per heavy atom. The lowest BCUT2D eigenvalue weighted by Gasteiger charge is -2.23. The van der Waals surface area contributed by atoms with Crippen molar-refractivity contribution in [3.63, 3.8) is 0 Å². The maximum atomic E-state index is 9.41. The molecule has 66 valence electrons. The van der Waals surface area contributed by atoms with Crippen LogP contribution in [0.3, 0.4) is 0 Å². The van der Waals surface area contributed by atoms with Crippen LogP contribution < -0.4 is 0 Å². The lowest BCUT2D eigenvalue weighted by atomic mass is 9.85. The Bertz CT molecular complexity index is 95.0. The zero-order valence-corrected chi connectivity index (χ0v) is 7.55. The van der Waals surface area contributed by atoms with E-state index in [0.717, 1.165) is 18.8 Å². The van der Waals surface area contributed by atoms with Crippen molar-refractivity contribution in [2.75, 3.05) is 0 Å². The van der Waals surface area contributed by atoms with Crippen molar-refractivity contribution in [2.45, 2.75) is 58.0 Å². The second-order valence-electron chi connectivity index (χ2n) is 3.80. The van der Waals surface area contributed by atoms with E-state index in [0.29, 0.717) is 0 Å². The standard InChI is InChI=1S/C10H20O/c1-2-10(11)8-9-6-4-3-5-7-9/h9-11H,2-8H2,1H3/t10-/m1/s1. The van der Waals surface area contributed by atoms with Gasteiger partial charge in [0.2, 0.25) is 0 Å². The van der Waals surface area contributed by atoms with E-state index in [9.17, 15) is 5.11 Å². The van der Waals surface area contributed by atoms with Crippen LogP contribution >= 0.6 is 0 Å². The highest BCUT2D eigenvalue weighted by Crippen LogP contribution is 2.27. The third-order valence-electron chi connectivity index (χ3n) is 2.80. The second-order valence-corrected chi connectivity index (χ2v) is 3.80. The summed E-state index contributed by atoms with van der Waals surface area (Å²) in [4.78, 5) is 0. The molecule has 1 atom stereocenters. The molecule has 0 radical (unpaired) electrons. The first-order valence-electron chi connectivity index (χ1n) is 5.01. The molecule has 1 nitrogen and oxygen atoms in total. The summed E-state index contributed by atoms with van der Waals surface area (Å²) in [5.74, 6) is 0.832. The van der Waals surface area contributed by atoms with Crippen molar-refractivity contribution in [3.05, 3.63) is 0 Å². The van der Waals surface area contributed by atoms with Gasteiger partial charge in [-0.05, 0) is 18.8 Å². The molecule has 11 heavy (non-hydrogen) atoms. The van der Waals surface area contributed by atoms with E-state index in [1.807, 2.05) is 0 Å². The molecule has 1 aliphatic rings. The molecule has 0 amide bonds. The summed E-state index contributed by atoms with van der Waals surface area (Å²) in [6, 6.07) is 0. The number of hydrogen-bond donors (Lipinski definition) is 1. The molecule has 0 bridgehead atoms. The summed E-state index contributed by atoms with van der Waals surface area (Å²) in [5.41, 5.74) is 0. The number of aliphatic hydroxyl groups excluding tert-OH is 1. The predicted molar refractivity (Wildman–Crippen MR) is 47.5 cm³/mol. The van der Waals surface area contributed by atoms with Crippen LogP contribution in [-0.2, 0) is 0 Å². The van der Waals surface area contributed by atoms with Crippen LogP contribution in [-0.4, -0.2) is 11.2 Å². The van der Waals surface area contributed by atoms with Gasteiger partial charge < -0.3 is 5.11 Å². The quantitative estimate of drug-likeness (QED) is 0.666. The zero-order valence-electron chi connectivity index (χ0n) is 7.55. The monoisotopic (exact) mass is 156 g/mol. The average molecular weight is 156 g/mol. The fourth-order valence-electron chi connectivity index (χ4n) is 1.97. The minimum Gasteiger partial charge on any atom is -0.393 e. The molecule has 0 aromatic heterocycles. The number of hydrogen-bond acceptors (Lipinski definition) is 1. The van der Waals surface area contributed by atoms with Crippen LogP contribution in [0.1, 0.15) is 51.9 Å². The summed E-state index contributed by atoms with van der Waals surface area (Å²) in [6.07, 6.45) is 8.86. The molecule has 0 aromatic rings. The van der Waals surface area contributed by atoms with E-state index in [1.54, 1.807) is 0 Å². The fraction of sp³-hybridized carbons (Fsp3) is 1.00. The third kappa shape index (κ3) is 3.24. The third-order valence-corrected chi connectivity index (χ3v) is 2.80. The first-order valence-corrected chi connectivity index (χ1v) is 5.01. The summed E-state index contributed by atoms with van der Waals surface area (Å²) in [5, 5.41) is 9.41. The minimum atomic E-state index is -0.0295. The lowest BCUT2D eigenvalue weighted by molar-refractivity contribution is 0.126. The molecule has 1 rings (SSSR count). The van der Waals surface area contributed by atoms with E-state index >= 15 is 0 Å². The highest BCUT2D eigenvalue weighted by atomic mass is 16.3. The van der Waals surface area contributed by atoms with Gasteiger partial charge in [-0.1, -0.05) is 39.0 Å². The number of rotatable bonds is 3. The summed E-state index contributed by atoms with van der Waals surface area (Å²) >= 11 is 0. The van der Waals surface area contributed by atoms with Crippen LogP contribution in [0, 0.1) is 5.92 Å². The Hall–Kier alpha value is -0.0400. The molecule has 0 aromatic carbocycles. The van der Waals surface area contributed by atoms with E-state index in [1.165, 1.54) is 32.1 Å². The summed E-state index contributed by atoms with van der Waals surface area (Å²) in [7, 11) is 0. The average Bonchev–Trinajstić information content (AvgIpc) is 2.06. The smallest absolute Gasteiger partial charge is 0.0540 e. The van der Waals surface area contributed by atoms with Crippen LogP contribution in [0.25, 0.3) is 0 Å². The predicted octanol–water partition coefficient (Wildman–Crippen LogP) is 2.73. The van der Waals surface area contributed by atoms with Gasteiger partial charge in [-0.2, -0.15) is 0 Å². The van der Waals surface area contributed by atoms with Gasteiger partial charge in [-0.25, -0.2) is 0 Å². The lowest BCUT2D eigenvalue weighted by Crippen LogP contribution is -2.14. The minimum absolute atomic E-state index is 0.0295. The maximum Gasteiger partial charge on any atom is 0.0540 e. The van der Waals surface area contributed by atoms with Gasteiger partial charge in [0.1, 0.15) is 0 Å². The Labute approximate surface area is 69.8 Å². The van der Waals surface area contributed by atoms with Crippen molar-refractivity contribution >= 4 is 0 Å². The largest absolute Gasteiger partial charge is 0.393 e. The van der Waals surface area contributed by atoms with E-state index in [2.05, 4.69) is 6.92 Å². The van der Waals surface area contributed by atoms with Gasteiger partial charge in [-0.15, -0.1) is 0 Å². The zero-order chi connectivity index (χ0) is 8.10. The number of aliphatic hydroxyl groups is 1. The van der Waals surface area contributed by atoms with Gasteiger partial charge in [0.15, 0.2) is 0 Å². The molecule has 0 saturated heterocycles. The Kier molecular flexibility index (Phi) is 3.92. The van der Waals surface area contributed by atoms with Crippen molar-refractivity contribution in [3.8, 4) is 0 Å². The Balaban J connectivity index is 2.13. The van der Waals surface area contributed by atoms with Crippen molar-refractivity contribution in [1.29, 1.82) is 0 Å². The van der Waals surface area contributed by atoms with Gasteiger partial charge in [0.25, 0.3) is 0 Å². The van der Waals surface area contributed by atoms with E-state index in [-0.39, 0.29) is 6.10 Å². The second kappa shape index (κ2) is 4.76. The Morgan fingerprint density at radius 2 is 1.91 bits per heavy atom. The highest BCUT2D eigenvalue weighted by Gasteiger charge is 2.15. The first-order chi connectivity index (χ1) is 5.33. The van der Waals surface area contributed by atoms with Gasteiger partial charge in [-0.3, -0.25) is 0 Å². The van der Waals surface area contributed by atoms with Crippen molar-refractivity contribution < 1.29 is 5.11 Å². The molecule has 0 spiro atoms. The Morgan fingerprint density at radius 3 is 2.45 bits per heavy atom. The van der Waals surface area contributed by atoms with Crippen molar-refractivity contribution in [1.82, 2.24) is 0 Å². The normalized spacial score (nSPS) is 23.5. The molecule has 1 fully saturated rings. The van der Waals surface area contributed by atoms with Crippen LogP contribution in [0.4, 0.5) is 0 Å². The SMILES string of the molecule is CC[C@@H](O)CC1CCCCC1.